The highest BCUT2D eigenvalue weighted by Gasteiger charge is 2.21. The molecule has 0 heterocycles. The molecule has 6 nitrogen and oxygen atoms in total. The first-order chi connectivity index (χ1) is 11.3. The molecule has 0 unspecified atom stereocenters. The molecule has 0 aromatic heterocycles. The average molecular weight is 366 g/mol. The normalized spacial score (nSPS) is 12.8. The highest BCUT2D eigenvalue weighted by molar-refractivity contribution is 7.87. The van der Waals surface area contributed by atoms with Gasteiger partial charge in [0, 0.05) is 41.1 Å². The smallest absolute Gasteiger partial charge is 0.268 e. The predicted molar refractivity (Wildman–Crippen MR) is 93.1 cm³/mol. The number of benzene rings is 2. The second-order valence-electron chi connectivity index (χ2n) is 5.16. The zero-order valence-electron chi connectivity index (χ0n) is 13.3. The van der Waals surface area contributed by atoms with Crippen molar-refractivity contribution in [2.24, 2.45) is 0 Å². The first kappa shape index (κ1) is 18.3. The highest BCUT2D eigenvalue weighted by Crippen LogP contribution is 2.10. The second kappa shape index (κ2) is 7.69. The Hall–Kier alpha value is -2.03. The topological polar surface area (TPSA) is 83.6 Å². The van der Waals surface area contributed by atoms with Crippen LogP contribution in [0.1, 0.15) is 15.9 Å². The molecule has 2 rings (SSSR count). The molecule has 0 saturated carbocycles. The lowest BCUT2D eigenvalue weighted by atomic mass is 10.2. The van der Waals surface area contributed by atoms with E-state index in [0.29, 0.717) is 4.90 Å². The maximum absolute atomic E-state index is 12.2. The molecule has 0 spiro atoms. The summed E-state index contributed by atoms with van der Waals surface area (Å²) in [6.07, 6.45) is 1.53. The first-order valence-electron chi connectivity index (χ1n) is 7.05. The predicted octanol–water partition coefficient (Wildman–Crippen LogP) is 1.53. The van der Waals surface area contributed by atoms with Crippen LogP contribution in [0, 0.1) is 0 Å². The molecule has 2 aromatic carbocycles. The molecular formula is C16H18N2O4S2. The fourth-order valence-electron chi connectivity index (χ4n) is 1.98. The van der Waals surface area contributed by atoms with Gasteiger partial charge in [0.15, 0.2) is 0 Å². The molecule has 8 heteroatoms. The number of nitrogens with zero attached hydrogens (tertiary/aromatic N) is 1. The first-order valence-corrected chi connectivity index (χ1v) is 10.1. The van der Waals surface area contributed by atoms with Gasteiger partial charge >= 0.3 is 10.2 Å². The van der Waals surface area contributed by atoms with E-state index in [1.807, 2.05) is 22.9 Å². The summed E-state index contributed by atoms with van der Waals surface area (Å²) in [7, 11) is -3.72. The lowest BCUT2D eigenvalue weighted by molar-refractivity contribution is 0.0979. The molecular weight excluding hydrogens is 348 g/mol. The van der Waals surface area contributed by atoms with Gasteiger partial charge in [-0.25, -0.2) is 4.72 Å². The fraction of sp³-hybridized carbons (Fsp3) is 0.188. The minimum absolute atomic E-state index is 0.150. The quantitative estimate of drug-likeness (QED) is 0.840. The molecule has 0 bridgehead atoms. The molecule has 0 aliphatic carbocycles. The van der Waals surface area contributed by atoms with Crippen LogP contribution in [0.15, 0.2) is 59.5 Å². The molecule has 0 aliphatic heterocycles. The summed E-state index contributed by atoms with van der Waals surface area (Å²) in [6.45, 7) is 0.150. The summed E-state index contributed by atoms with van der Waals surface area (Å²) in [4.78, 5) is 12.7. The number of rotatable bonds is 6. The number of hydrogen-bond donors (Lipinski definition) is 1. The molecule has 0 aliphatic rings. The zero-order valence-corrected chi connectivity index (χ0v) is 14.9. The van der Waals surface area contributed by atoms with Gasteiger partial charge in [0.25, 0.3) is 5.91 Å². The Bertz CT molecular complexity index is 834. The number of nitrogens with one attached hydrogen (secondary N) is 1. The van der Waals surface area contributed by atoms with E-state index in [1.165, 1.54) is 37.6 Å². The Morgan fingerprint density at radius 1 is 1.08 bits per heavy atom. The van der Waals surface area contributed by atoms with Crippen molar-refractivity contribution in [3.63, 3.8) is 0 Å². The van der Waals surface area contributed by atoms with Crippen molar-refractivity contribution in [2.75, 3.05) is 13.3 Å². The number of carbonyl (C=O) groups is 1. The summed E-state index contributed by atoms with van der Waals surface area (Å²) in [6, 6.07) is 15.0. The molecule has 128 valence electrons. The van der Waals surface area contributed by atoms with Gasteiger partial charge in [-0.15, -0.1) is 0 Å². The third kappa shape index (κ3) is 4.73. The highest BCUT2D eigenvalue weighted by atomic mass is 32.2. The van der Waals surface area contributed by atoms with Crippen LogP contribution in [0.2, 0.25) is 0 Å². The van der Waals surface area contributed by atoms with Crippen LogP contribution in [0.5, 0.6) is 0 Å². The third-order valence-corrected chi connectivity index (χ3v) is 5.66. The van der Waals surface area contributed by atoms with Gasteiger partial charge in [-0.05, 0) is 29.8 Å². The van der Waals surface area contributed by atoms with E-state index in [1.54, 1.807) is 12.1 Å². The Labute approximate surface area is 144 Å². The number of hydrogen-bond acceptors (Lipinski definition) is 4. The van der Waals surface area contributed by atoms with Crippen LogP contribution < -0.4 is 4.72 Å². The van der Waals surface area contributed by atoms with Crippen LogP contribution in [-0.2, 0) is 27.6 Å². The molecule has 1 atom stereocenters. The summed E-state index contributed by atoms with van der Waals surface area (Å²) in [5.74, 6) is -0.733. The monoisotopic (exact) mass is 366 g/mol. The molecule has 0 fully saturated rings. The van der Waals surface area contributed by atoms with Gasteiger partial charge in [-0.3, -0.25) is 9.00 Å². The minimum Gasteiger partial charge on any atom is -0.268 e. The van der Waals surface area contributed by atoms with Crippen molar-refractivity contribution in [2.45, 2.75) is 11.4 Å². The Balaban J connectivity index is 2.07. The number of amides is 1. The Kier molecular flexibility index (Phi) is 5.87. The van der Waals surface area contributed by atoms with Crippen molar-refractivity contribution in [1.82, 2.24) is 9.03 Å². The molecule has 2 aromatic rings. The third-order valence-electron chi connectivity index (χ3n) is 3.33. The minimum atomic E-state index is -3.96. The van der Waals surface area contributed by atoms with Crippen LogP contribution in [-0.4, -0.2) is 36.1 Å². The van der Waals surface area contributed by atoms with E-state index in [4.69, 9.17) is 0 Å². The van der Waals surface area contributed by atoms with E-state index >= 15 is 0 Å². The second-order valence-corrected chi connectivity index (χ2v) is 8.31. The molecule has 0 saturated heterocycles. The van der Waals surface area contributed by atoms with E-state index in [2.05, 4.69) is 0 Å². The Morgan fingerprint density at radius 3 is 2.21 bits per heavy atom. The summed E-state index contributed by atoms with van der Waals surface area (Å²) in [5.41, 5.74) is 0.994. The van der Waals surface area contributed by atoms with Crippen molar-refractivity contribution in [1.29, 1.82) is 0 Å². The van der Waals surface area contributed by atoms with Gasteiger partial charge in [-0.1, -0.05) is 30.3 Å². The molecule has 1 amide bonds. The van der Waals surface area contributed by atoms with Gasteiger partial charge in [0.2, 0.25) is 0 Å². The molecule has 24 heavy (non-hydrogen) atoms. The summed E-state index contributed by atoms with van der Waals surface area (Å²) < 4.78 is 38.9. The van der Waals surface area contributed by atoms with Crippen LogP contribution in [0.3, 0.4) is 0 Å². The fourth-order valence-corrected chi connectivity index (χ4v) is 3.32. The van der Waals surface area contributed by atoms with E-state index in [-0.39, 0.29) is 12.1 Å². The lowest BCUT2D eigenvalue weighted by Gasteiger charge is -2.17. The number of carbonyl (C=O) groups excluding carboxylic acids is 1. The van der Waals surface area contributed by atoms with Crippen molar-refractivity contribution >= 4 is 26.9 Å². The van der Waals surface area contributed by atoms with Gasteiger partial charge in [0.1, 0.15) is 0 Å². The van der Waals surface area contributed by atoms with Crippen molar-refractivity contribution in [3.8, 4) is 0 Å². The van der Waals surface area contributed by atoms with Crippen molar-refractivity contribution in [3.05, 3.63) is 65.7 Å². The summed E-state index contributed by atoms with van der Waals surface area (Å²) >= 11 is 0. The maximum Gasteiger partial charge on any atom is 0.304 e. The SMILES string of the molecule is CN(Cc1ccccc1)S(=O)(=O)NC(=O)c1ccc([S@](C)=O)cc1. The van der Waals surface area contributed by atoms with E-state index in [0.717, 1.165) is 9.87 Å². The largest absolute Gasteiger partial charge is 0.304 e. The average Bonchev–Trinajstić information content (AvgIpc) is 2.55. The van der Waals surface area contributed by atoms with E-state index < -0.39 is 26.9 Å². The Morgan fingerprint density at radius 2 is 1.67 bits per heavy atom. The van der Waals surface area contributed by atoms with E-state index in [9.17, 15) is 17.4 Å². The van der Waals surface area contributed by atoms with Crippen LogP contribution in [0.4, 0.5) is 0 Å². The van der Waals surface area contributed by atoms with Crippen LogP contribution in [0.25, 0.3) is 0 Å². The van der Waals surface area contributed by atoms with Gasteiger partial charge < -0.3 is 0 Å². The van der Waals surface area contributed by atoms with Crippen LogP contribution >= 0.6 is 0 Å². The van der Waals surface area contributed by atoms with Gasteiger partial charge in [-0.2, -0.15) is 12.7 Å². The zero-order chi connectivity index (χ0) is 17.7. The molecule has 1 N–H and O–H groups in total. The lowest BCUT2D eigenvalue weighted by Crippen LogP contribution is -2.41. The standard InChI is InChI=1S/C16H18N2O4S2/c1-18(12-13-6-4-3-5-7-13)24(21,22)17-16(19)14-8-10-15(11-9-14)23(2)20/h3-11H,12H2,1-2H3,(H,17,19)/t23-/m0/s1. The summed E-state index contributed by atoms with van der Waals surface area (Å²) in [5, 5.41) is 0. The molecule has 0 radical (unpaired) electrons. The maximum atomic E-state index is 12.2. The van der Waals surface area contributed by atoms with Gasteiger partial charge in [0.05, 0.1) is 0 Å². The van der Waals surface area contributed by atoms with Crippen molar-refractivity contribution < 1.29 is 17.4 Å².